The molecule has 0 fully saturated rings. The average Bonchev–Trinajstić information content (AvgIpc) is 2.38. The van der Waals surface area contributed by atoms with Gasteiger partial charge in [0.05, 0.1) is 0 Å². The molecule has 0 unspecified atom stereocenters. The minimum atomic E-state index is 0.392. The molecule has 18 heavy (non-hydrogen) atoms. The van der Waals surface area contributed by atoms with Gasteiger partial charge >= 0.3 is 0 Å². The first-order valence-electron chi connectivity index (χ1n) is 5.74. The molecule has 4 heteroatoms. The van der Waals surface area contributed by atoms with Crippen LogP contribution in [0.15, 0.2) is 36.4 Å². The highest BCUT2D eigenvalue weighted by Crippen LogP contribution is 2.16. The lowest BCUT2D eigenvalue weighted by Crippen LogP contribution is -2.39. The molecule has 0 saturated heterocycles. The number of rotatable bonds is 0. The molecule has 0 N–H and O–H groups in total. The number of para-hydroxylation sites is 2. The van der Waals surface area contributed by atoms with Crippen LogP contribution in [0.1, 0.15) is 11.1 Å². The lowest BCUT2D eigenvalue weighted by molar-refractivity contribution is -0.591. The quantitative estimate of drug-likeness (QED) is 0.342. The first kappa shape index (κ1) is 10.8. The standard InChI is InChI=1S/C14H12N2O2/c1-9-7-13-14(8-10(9)2)16(18)12-6-4-3-5-11(12)15(13)17/h3-8H,1-2H3. The van der Waals surface area contributed by atoms with Crippen LogP contribution in [0.25, 0.3) is 22.1 Å². The molecular formula is C14H12N2O2. The van der Waals surface area contributed by atoms with Gasteiger partial charge in [0.15, 0.2) is 0 Å². The van der Waals surface area contributed by atoms with Gasteiger partial charge in [0, 0.05) is 24.3 Å². The van der Waals surface area contributed by atoms with E-state index in [1.807, 2.05) is 13.8 Å². The Kier molecular flexibility index (Phi) is 2.13. The molecule has 0 radical (unpaired) electrons. The molecule has 1 heterocycles. The van der Waals surface area contributed by atoms with E-state index in [-0.39, 0.29) is 0 Å². The molecule has 4 nitrogen and oxygen atoms in total. The van der Waals surface area contributed by atoms with E-state index < -0.39 is 0 Å². The first-order valence-corrected chi connectivity index (χ1v) is 5.74. The van der Waals surface area contributed by atoms with E-state index >= 15 is 0 Å². The van der Waals surface area contributed by atoms with Crippen molar-refractivity contribution in [2.24, 2.45) is 0 Å². The molecule has 90 valence electrons. The van der Waals surface area contributed by atoms with Crippen molar-refractivity contribution in [1.29, 1.82) is 0 Å². The molecule has 0 aliphatic rings. The maximum absolute atomic E-state index is 12.3. The smallest absolute Gasteiger partial charge is 0.290 e. The lowest BCUT2D eigenvalue weighted by Gasteiger charge is -2.08. The summed E-state index contributed by atoms with van der Waals surface area (Å²) >= 11 is 0. The second kappa shape index (κ2) is 3.57. The average molecular weight is 240 g/mol. The predicted octanol–water partition coefficient (Wildman–Crippen LogP) is 1.88. The van der Waals surface area contributed by atoms with Gasteiger partial charge in [-0.25, -0.2) is 0 Å². The topological polar surface area (TPSA) is 53.9 Å². The third-order valence-corrected chi connectivity index (χ3v) is 3.35. The number of aromatic nitrogens is 2. The van der Waals surface area contributed by atoms with Crippen molar-refractivity contribution in [3.05, 3.63) is 57.9 Å². The highest BCUT2D eigenvalue weighted by molar-refractivity contribution is 5.77. The van der Waals surface area contributed by atoms with E-state index in [0.29, 0.717) is 22.1 Å². The summed E-state index contributed by atoms with van der Waals surface area (Å²) < 4.78 is 1.65. The van der Waals surface area contributed by atoms with Crippen LogP contribution >= 0.6 is 0 Å². The number of benzene rings is 2. The fourth-order valence-corrected chi connectivity index (χ4v) is 2.18. The molecule has 2 aromatic carbocycles. The molecule has 0 atom stereocenters. The SMILES string of the molecule is Cc1cc2c(cc1C)[n+]([O-])c1ccccc1[n+]2[O-]. The number of hydrogen-bond acceptors (Lipinski definition) is 2. The molecule has 0 bridgehead atoms. The van der Waals surface area contributed by atoms with Gasteiger partial charge in [-0.1, -0.05) is 12.1 Å². The molecule has 3 rings (SSSR count). The third-order valence-electron chi connectivity index (χ3n) is 3.35. The number of aryl methyl sites for hydroxylation is 2. The van der Waals surface area contributed by atoms with Gasteiger partial charge in [-0.05, 0) is 25.0 Å². The van der Waals surface area contributed by atoms with Gasteiger partial charge in [-0.3, -0.25) is 0 Å². The summed E-state index contributed by atoms with van der Waals surface area (Å²) in [6, 6.07) is 10.3. The second-order valence-corrected chi connectivity index (χ2v) is 4.50. The summed E-state index contributed by atoms with van der Waals surface area (Å²) in [5.41, 5.74) is 3.61. The van der Waals surface area contributed by atoms with Crippen LogP contribution in [0.4, 0.5) is 0 Å². The zero-order valence-electron chi connectivity index (χ0n) is 10.2. The van der Waals surface area contributed by atoms with Crippen molar-refractivity contribution in [1.82, 2.24) is 0 Å². The van der Waals surface area contributed by atoms with Gasteiger partial charge in [0.1, 0.15) is 0 Å². The van der Waals surface area contributed by atoms with Crippen LogP contribution in [0.2, 0.25) is 0 Å². The number of nitrogens with zero attached hydrogens (tertiary/aromatic N) is 2. The molecule has 0 saturated carbocycles. The molecular weight excluding hydrogens is 228 g/mol. The summed E-state index contributed by atoms with van der Waals surface area (Å²) in [5, 5.41) is 24.5. The molecule has 0 aliphatic heterocycles. The Morgan fingerprint density at radius 2 is 1.11 bits per heavy atom. The van der Waals surface area contributed by atoms with Crippen molar-refractivity contribution < 1.29 is 9.46 Å². The Morgan fingerprint density at radius 3 is 1.50 bits per heavy atom. The van der Waals surface area contributed by atoms with E-state index in [4.69, 9.17) is 0 Å². The van der Waals surface area contributed by atoms with E-state index in [0.717, 1.165) is 20.6 Å². The van der Waals surface area contributed by atoms with E-state index in [1.165, 1.54) is 0 Å². The lowest BCUT2D eigenvalue weighted by atomic mass is 10.1. The second-order valence-electron chi connectivity index (χ2n) is 4.50. The van der Waals surface area contributed by atoms with E-state index in [2.05, 4.69) is 0 Å². The predicted molar refractivity (Wildman–Crippen MR) is 68.8 cm³/mol. The summed E-state index contributed by atoms with van der Waals surface area (Å²) in [6.07, 6.45) is 0. The van der Waals surface area contributed by atoms with Crippen LogP contribution in [0.5, 0.6) is 0 Å². The van der Waals surface area contributed by atoms with E-state index in [9.17, 15) is 10.4 Å². The van der Waals surface area contributed by atoms with Crippen molar-refractivity contribution in [2.45, 2.75) is 13.8 Å². The van der Waals surface area contributed by atoms with Crippen molar-refractivity contribution in [3.63, 3.8) is 0 Å². The van der Waals surface area contributed by atoms with Crippen LogP contribution < -0.4 is 9.46 Å². The fourth-order valence-electron chi connectivity index (χ4n) is 2.18. The Bertz CT molecular complexity index is 716. The van der Waals surface area contributed by atoms with Gasteiger partial charge in [-0.15, -0.1) is 0 Å². The number of fused-ring (bicyclic) bond motifs is 2. The summed E-state index contributed by atoms with van der Waals surface area (Å²) in [5.74, 6) is 0. The van der Waals surface area contributed by atoms with Crippen LogP contribution in [-0.2, 0) is 0 Å². The molecule has 1 aromatic heterocycles. The number of hydrogen-bond donors (Lipinski definition) is 0. The zero-order chi connectivity index (χ0) is 12.9. The zero-order valence-corrected chi connectivity index (χ0v) is 10.2. The maximum atomic E-state index is 12.3. The van der Waals surface area contributed by atoms with Crippen molar-refractivity contribution >= 4 is 22.1 Å². The van der Waals surface area contributed by atoms with Gasteiger partial charge < -0.3 is 10.4 Å². The van der Waals surface area contributed by atoms with Crippen LogP contribution in [0.3, 0.4) is 0 Å². The maximum Gasteiger partial charge on any atom is 0.290 e. The Morgan fingerprint density at radius 1 is 0.722 bits per heavy atom. The van der Waals surface area contributed by atoms with Gasteiger partial charge in [0.25, 0.3) is 22.1 Å². The van der Waals surface area contributed by atoms with Crippen LogP contribution in [-0.4, -0.2) is 0 Å². The molecule has 0 amide bonds. The Labute approximate surface area is 104 Å². The summed E-state index contributed by atoms with van der Waals surface area (Å²) in [7, 11) is 0. The fraction of sp³-hybridized carbons (Fsp3) is 0.143. The summed E-state index contributed by atoms with van der Waals surface area (Å²) in [4.78, 5) is 0. The largest absolute Gasteiger partial charge is 0.617 e. The minimum Gasteiger partial charge on any atom is -0.617 e. The molecule has 0 spiro atoms. The minimum absolute atomic E-state index is 0.392. The molecule has 3 aromatic rings. The van der Waals surface area contributed by atoms with Crippen molar-refractivity contribution in [2.75, 3.05) is 0 Å². The monoisotopic (exact) mass is 240 g/mol. The normalized spacial score (nSPS) is 11.2. The van der Waals surface area contributed by atoms with Crippen molar-refractivity contribution in [3.8, 4) is 0 Å². The Hall–Kier alpha value is -2.36. The van der Waals surface area contributed by atoms with E-state index in [1.54, 1.807) is 36.4 Å². The molecule has 0 aliphatic carbocycles. The first-order chi connectivity index (χ1) is 8.59. The van der Waals surface area contributed by atoms with Crippen LogP contribution in [0, 0.1) is 24.3 Å². The third kappa shape index (κ3) is 1.32. The Balaban J connectivity index is 2.62. The van der Waals surface area contributed by atoms with Gasteiger partial charge in [0.2, 0.25) is 0 Å². The van der Waals surface area contributed by atoms with Gasteiger partial charge in [-0.2, -0.15) is 9.46 Å². The highest BCUT2D eigenvalue weighted by Gasteiger charge is 2.21. The highest BCUT2D eigenvalue weighted by atomic mass is 16.5. The summed E-state index contributed by atoms with van der Waals surface area (Å²) in [6.45, 7) is 3.86.